The molecule has 0 saturated heterocycles. The number of carbonyl (C=O) groups excluding carboxylic acids is 1. The zero-order valence-electron chi connectivity index (χ0n) is 8.34. The third-order valence-corrected chi connectivity index (χ3v) is 1.09. The van der Waals surface area contributed by atoms with Gasteiger partial charge in [0.05, 0.1) is 0 Å². The molecular formula is C9H15NO3. The number of ketones is 1. The molecule has 13 heavy (non-hydrogen) atoms. The second-order valence-electron chi connectivity index (χ2n) is 3.85. The summed E-state index contributed by atoms with van der Waals surface area (Å²) in [7, 11) is 0. The van der Waals surface area contributed by atoms with E-state index >= 15 is 0 Å². The zero-order valence-corrected chi connectivity index (χ0v) is 8.34. The van der Waals surface area contributed by atoms with E-state index in [4.69, 9.17) is 5.11 Å². The molecule has 0 bridgehead atoms. The monoisotopic (exact) mass is 185 g/mol. The van der Waals surface area contributed by atoms with Crippen LogP contribution in [0.4, 0.5) is 0 Å². The Labute approximate surface area is 77.6 Å². The van der Waals surface area contributed by atoms with Gasteiger partial charge in [-0.3, -0.25) is 4.79 Å². The highest BCUT2D eigenvalue weighted by Gasteiger charge is 2.16. The van der Waals surface area contributed by atoms with Crippen molar-refractivity contribution in [3.05, 3.63) is 11.8 Å². The molecule has 0 fully saturated rings. The van der Waals surface area contributed by atoms with Crippen LogP contribution < -0.4 is 5.32 Å². The summed E-state index contributed by atoms with van der Waals surface area (Å²) in [5, 5.41) is 11.4. The van der Waals surface area contributed by atoms with Crippen LogP contribution >= 0.6 is 0 Å². The first kappa shape index (κ1) is 11.7. The number of carboxylic acid groups (broad SMARTS) is 1. The maximum absolute atomic E-state index is 10.7. The van der Waals surface area contributed by atoms with Crippen LogP contribution in [0.15, 0.2) is 11.8 Å². The molecule has 0 aromatic carbocycles. The Balaban J connectivity index is 4.65. The number of carboxylic acids is 1. The Morgan fingerprint density at radius 3 is 2.00 bits per heavy atom. The first-order chi connectivity index (χ1) is 5.72. The second-order valence-corrected chi connectivity index (χ2v) is 3.85. The number of hydrogen-bond donors (Lipinski definition) is 2. The lowest BCUT2D eigenvalue weighted by Gasteiger charge is -2.21. The van der Waals surface area contributed by atoms with Gasteiger partial charge < -0.3 is 10.4 Å². The van der Waals surface area contributed by atoms with Gasteiger partial charge in [-0.2, -0.15) is 0 Å². The summed E-state index contributed by atoms with van der Waals surface area (Å²) in [5.74, 6) is -1.40. The molecule has 0 aliphatic carbocycles. The fourth-order valence-electron chi connectivity index (χ4n) is 0.759. The van der Waals surface area contributed by atoms with Crippen molar-refractivity contribution in [3.8, 4) is 0 Å². The predicted octanol–water partition coefficient (Wildman–Crippen LogP) is 0.932. The normalized spacial score (nSPS) is 12.5. The van der Waals surface area contributed by atoms with Crippen molar-refractivity contribution in [2.24, 2.45) is 0 Å². The Morgan fingerprint density at radius 1 is 1.31 bits per heavy atom. The molecule has 0 atom stereocenters. The summed E-state index contributed by atoms with van der Waals surface area (Å²) in [4.78, 5) is 21.3. The van der Waals surface area contributed by atoms with Crippen LogP contribution in [0.3, 0.4) is 0 Å². The molecule has 74 valence electrons. The van der Waals surface area contributed by atoms with Crippen molar-refractivity contribution in [1.82, 2.24) is 5.32 Å². The zero-order chi connectivity index (χ0) is 10.6. The lowest BCUT2D eigenvalue weighted by atomic mass is 10.1. The van der Waals surface area contributed by atoms with Gasteiger partial charge in [-0.1, -0.05) is 0 Å². The molecule has 4 nitrogen and oxygen atoms in total. The minimum absolute atomic E-state index is 0.0694. The molecule has 0 unspecified atom stereocenters. The van der Waals surface area contributed by atoms with Crippen molar-refractivity contribution in [2.75, 3.05) is 0 Å². The minimum Gasteiger partial charge on any atom is -0.477 e. The van der Waals surface area contributed by atoms with Crippen molar-refractivity contribution in [1.29, 1.82) is 0 Å². The SMILES string of the molecule is CC(=O)C=C(NC(C)(C)C)C(=O)O. The van der Waals surface area contributed by atoms with E-state index in [0.717, 1.165) is 6.08 Å². The number of rotatable bonds is 3. The standard InChI is InChI=1S/C9H15NO3/c1-6(11)5-7(8(12)13)10-9(2,3)4/h5,10H,1-4H3,(H,12,13). The third kappa shape index (κ3) is 5.90. The van der Waals surface area contributed by atoms with Crippen LogP contribution in [0.2, 0.25) is 0 Å². The molecule has 4 heteroatoms. The van der Waals surface area contributed by atoms with Gasteiger partial charge >= 0.3 is 5.97 Å². The van der Waals surface area contributed by atoms with Gasteiger partial charge in [-0.25, -0.2) is 4.79 Å². The van der Waals surface area contributed by atoms with Crippen molar-refractivity contribution in [2.45, 2.75) is 33.2 Å². The molecule has 0 aliphatic heterocycles. The summed E-state index contributed by atoms with van der Waals surface area (Å²) >= 11 is 0. The Hall–Kier alpha value is -1.32. The fraction of sp³-hybridized carbons (Fsp3) is 0.556. The lowest BCUT2D eigenvalue weighted by molar-refractivity contribution is -0.133. The second kappa shape index (κ2) is 4.07. The largest absolute Gasteiger partial charge is 0.477 e. The number of aliphatic carboxylic acids is 1. The molecule has 2 N–H and O–H groups in total. The van der Waals surface area contributed by atoms with Gasteiger partial charge in [0, 0.05) is 11.6 Å². The molecule has 0 heterocycles. The topological polar surface area (TPSA) is 66.4 Å². The van der Waals surface area contributed by atoms with E-state index in [1.54, 1.807) is 0 Å². The number of nitrogens with one attached hydrogen (secondary N) is 1. The van der Waals surface area contributed by atoms with E-state index in [1.807, 2.05) is 20.8 Å². The van der Waals surface area contributed by atoms with Crippen LogP contribution in [-0.2, 0) is 9.59 Å². The maximum Gasteiger partial charge on any atom is 0.352 e. The molecule has 0 aromatic heterocycles. The summed E-state index contributed by atoms with van der Waals surface area (Å²) < 4.78 is 0. The van der Waals surface area contributed by atoms with E-state index in [9.17, 15) is 9.59 Å². The van der Waals surface area contributed by atoms with Crippen molar-refractivity contribution >= 4 is 11.8 Å². The smallest absolute Gasteiger partial charge is 0.352 e. The maximum atomic E-state index is 10.7. The highest BCUT2D eigenvalue weighted by Crippen LogP contribution is 2.03. The summed E-state index contributed by atoms with van der Waals surface area (Å²) in [6.45, 7) is 6.78. The van der Waals surface area contributed by atoms with Gasteiger partial charge in [0.1, 0.15) is 5.70 Å². The lowest BCUT2D eigenvalue weighted by Crippen LogP contribution is -2.38. The van der Waals surface area contributed by atoms with Crippen LogP contribution in [0.5, 0.6) is 0 Å². The Kier molecular flexibility index (Phi) is 3.66. The first-order valence-corrected chi connectivity index (χ1v) is 3.96. The van der Waals surface area contributed by atoms with E-state index < -0.39 is 5.97 Å². The Morgan fingerprint density at radius 2 is 1.77 bits per heavy atom. The van der Waals surface area contributed by atoms with Crippen molar-refractivity contribution in [3.63, 3.8) is 0 Å². The number of allylic oxidation sites excluding steroid dienone is 1. The first-order valence-electron chi connectivity index (χ1n) is 3.96. The average molecular weight is 185 g/mol. The average Bonchev–Trinajstić information content (AvgIpc) is 1.81. The predicted molar refractivity (Wildman–Crippen MR) is 49.3 cm³/mol. The van der Waals surface area contributed by atoms with Crippen LogP contribution in [0, 0.1) is 0 Å². The Bertz CT molecular complexity index is 248. The van der Waals surface area contributed by atoms with E-state index in [-0.39, 0.29) is 17.0 Å². The van der Waals surface area contributed by atoms with Gasteiger partial charge in [-0.15, -0.1) is 0 Å². The number of carbonyl (C=O) groups is 2. The molecule has 0 amide bonds. The highest BCUT2D eigenvalue weighted by molar-refractivity contribution is 5.97. The third-order valence-electron chi connectivity index (χ3n) is 1.09. The quantitative estimate of drug-likeness (QED) is 0.642. The number of hydrogen-bond acceptors (Lipinski definition) is 3. The van der Waals surface area contributed by atoms with Crippen LogP contribution in [0.1, 0.15) is 27.7 Å². The molecule has 0 saturated carbocycles. The highest BCUT2D eigenvalue weighted by atomic mass is 16.4. The van der Waals surface area contributed by atoms with E-state index in [1.165, 1.54) is 6.92 Å². The molecule has 0 aromatic rings. The minimum atomic E-state index is -1.12. The van der Waals surface area contributed by atoms with Crippen LogP contribution in [-0.4, -0.2) is 22.4 Å². The molecule has 0 rings (SSSR count). The molecule has 0 spiro atoms. The summed E-state index contributed by atoms with van der Waals surface area (Å²) in [5.41, 5.74) is -0.431. The van der Waals surface area contributed by atoms with Gasteiger partial charge in [-0.05, 0) is 27.7 Å². The molecular weight excluding hydrogens is 170 g/mol. The van der Waals surface area contributed by atoms with Gasteiger partial charge in [0.15, 0.2) is 5.78 Å². The van der Waals surface area contributed by atoms with E-state index in [0.29, 0.717) is 0 Å². The van der Waals surface area contributed by atoms with Crippen LogP contribution in [0.25, 0.3) is 0 Å². The summed E-state index contributed by atoms with van der Waals surface area (Å²) in [6.07, 6.45) is 1.08. The fourth-order valence-corrected chi connectivity index (χ4v) is 0.759. The molecule has 0 aliphatic rings. The van der Waals surface area contributed by atoms with E-state index in [2.05, 4.69) is 5.32 Å². The van der Waals surface area contributed by atoms with Gasteiger partial charge in [0.2, 0.25) is 0 Å². The van der Waals surface area contributed by atoms with Crippen molar-refractivity contribution < 1.29 is 14.7 Å². The summed E-state index contributed by atoms with van der Waals surface area (Å²) in [6, 6.07) is 0. The molecule has 0 radical (unpaired) electrons. The van der Waals surface area contributed by atoms with Gasteiger partial charge in [0.25, 0.3) is 0 Å².